The Morgan fingerprint density at radius 3 is 2.38 bits per heavy atom. The first-order chi connectivity index (χ1) is 10.2. The highest BCUT2D eigenvalue weighted by atomic mass is 32.2. The van der Waals surface area contributed by atoms with Crippen molar-refractivity contribution in [2.45, 2.75) is 4.90 Å². The van der Waals surface area contributed by atoms with E-state index in [1.807, 2.05) is 18.4 Å². The molecule has 21 heavy (non-hydrogen) atoms. The molecule has 2 aromatic rings. The molecule has 0 saturated heterocycles. The third kappa shape index (κ3) is 4.72. The van der Waals surface area contributed by atoms with Crippen LogP contribution in [0.3, 0.4) is 0 Å². The third-order valence-corrected chi connectivity index (χ3v) is 3.63. The van der Waals surface area contributed by atoms with E-state index >= 15 is 0 Å². The second-order valence-corrected chi connectivity index (χ2v) is 5.21. The van der Waals surface area contributed by atoms with Crippen LogP contribution in [-0.4, -0.2) is 30.5 Å². The highest BCUT2D eigenvalue weighted by Gasteiger charge is 2.01. The maximum Gasteiger partial charge on any atom is 0.335 e. The van der Waals surface area contributed by atoms with Crippen molar-refractivity contribution in [2.24, 2.45) is 0 Å². The molecular formula is C16H17NO3S. The zero-order valence-corrected chi connectivity index (χ0v) is 12.5. The van der Waals surface area contributed by atoms with Crippen LogP contribution in [-0.2, 0) is 0 Å². The summed E-state index contributed by atoms with van der Waals surface area (Å²) in [5, 5.41) is 12.1. The predicted octanol–water partition coefficient (Wildman–Crippen LogP) is 3.60. The molecule has 0 aliphatic rings. The summed E-state index contributed by atoms with van der Waals surface area (Å²) < 4.78 is 5.55. The van der Waals surface area contributed by atoms with Crippen molar-refractivity contribution in [2.75, 3.05) is 24.7 Å². The number of rotatable bonds is 7. The van der Waals surface area contributed by atoms with Crippen molar-refractivity contribution >= 4 is 23.4 Å². The van der Waals surface area contributed by atoms with E-state index in [4.69, 9.17) is 9.84 Å². The Labute approximate surface area is 128 Å². The molecule has 0 spiro atoms. The Balaban J connectivity index is 1.74. The lowest BCUT2D eigenvalue weighted by Crippen LogP contribution is -2.11. The summed E-state index contributed by atoms with van der Waals surface area (Å²) in [6.45, 7) is 1.19. The van der Waals surface area contributed by atoms with Gasteiger partial charge in [-0.05, 0) is 54.8 Å². The molecule has 0 aromatic heterocycles. The fourth-order valence-corrected chi connectivity index (χ4v) is 2.18. The minimum Gasteiger partial charge on any atom is -0.492 e. The average Bonchev–Trinajstić information content (AvgIpc) is 2.52. The van der Waals surface area contributed by atoms with E-state index in [0.717, 1.165) is 5.69 Å². The summed E-state index contributed by atoms with van der Waals surface area (Å²) in [4.78, 5) is 12.0. The second-order valence-electron chi connectivity index (χ2n) is 4.33. The number of carboxylic acids is 1. The van der Waals surface area contributed by atoms with Gasteiger partial charge in [0.15, 0.2) is 0 Å². The molecule has 0 amide bonds. The lowest BCUT2D eigenvalue weighted by molar-refractivity contribution is 0.0697. The van der Waals surface area contributed by atoms with Crippen LogP contribution in [0, 0.1) is 0 Å². The normalized spacial score (nSPS) is 10.1. The van der Waals surface area contributed by atoms with Crippen molar-refractivity contribution < 1.29 is 14.6 Å². The SMILES string of the molecule is CSc1ccc(NCCOc2ccc(C(=O)O)cc2)cc1. The Morgan fingerprint density at radius 2 is 1.81 bits per heavy atom. The smallest absolute Gasteiger partial charge is 0.335 e. The first-order valence-electron chi connectivity index (χ1n) is 6.53. The Morgan fingerprint density at radius 1 is 1.14 bits per heavy atom. The van der Waals surface area contributed by atoms with E-state index < -0.39 is 5.97 Å². The van der Waals surface area contributed by atoms with Gasteiger partial charge < -0.3 is 15.2 Å². The molecule has 4 nitrogen and oxygen atoms in total. The van der Waals surface area contributed by atoms with Gasteiger partial charge in [0.2, 0.25) is 0 Å². The monoisotopic (exact) mass is 303 g/mol. The van der Waals surface area contributed by atoms with Crippen molar-refractivity contribution in [3.8, 4) is 5.75 Å². The Bertz CT molecular complexity index is 581. The number of hydrogen-bond acceptors (Lipinski definition) is 4. The van der Waals surface area contributed by atoms with Gasteiger partial charge >= 0.3 is 5.97 Å². The highest BCUT2D eigenvalue weighted by molar-refractivity contribution is 7.98. The molecule has 0 aliphatic heterocycles. The molecule has 0 fully saturated rings. The maximum atomic E-state index is 10.7. The van der Waals surface area contributed by atoms with Gasteiger partial charge in [0, 0.05) is 17.1 Å². The van der Waals surface area contributed by atoms with Gasteiger partial charge in [-0.25, -0.2) is 4.79 Å². The van der Waals surface area contributed by atoms with Crippen molar-refractivity contribution in [3.05, 3.63) is 54.1 Å². The average molecular weight is 303 g/mol. The van der Waals surface area contributed by atoms with Crippen molar-refractivity contribution in [1.82, 2.24) is 0 Å². The lowest BCUT2D eigenvalue weighted by Gasteiger charge is -2.09. The Kier molecular flexibility index (Phi) is 5.51. The van der Waals surface area contributed by atoms with Crippen LogP contribution in [0.15, 0.2) is 53.4 Å². The summed E-state index contributed by atoms with van der Waals surface area (Å²) in [7, 11) is 0. The van der Waals surface area contributed by atoms with Gasteiger partial charge in [0.25, 0.3) is 0 Å². The maximum absolute atomic E-state index is 10.7. The number of carbonyl (C=O) groups is 1. The quantitative estimate of drug-likeness (QED) is 0.604. The number of nitrogens with one attached hydrogen (secondary N) is 1. The zero-order valence-electron chi connectivity index (χ0n) is 11.7. The van der Waals surface area contributed by atoms with Crippen molar-refractivity contribution in [3.63, 3.8) is 0 Å². The topological polar surface area (TPSA) is 58.6 Å². The Hall–Kier alpha value is -2.14. The molecule has 2 N–H and O–H groups in total. The lowest BCUT2D eigenvalue weighted by atomic mass is 10.2. The number of carboxylic acid groups (broad SMARTS) is 1. The van der Waals surface area contributed by atoms with Gasteiger partial charge in [-0.3, -0.25) is 0 Å². The number of anilines is 1. The third-order valence-electron chi connectivity index (χ3n) is 2.89. The summed E-state index contributed by atoms with van der Waals surface area (Å²) >= 11 is 1.71. The number of hydrogen-bond donors (Lipinski definition) is 2. The molecule has 0 saturated carbocycles. The van der Waals surface area contributed by atoms with Crippen LogP contribution in [0.1, 0.15) is 10.4 Å². The summed E-state index contributed by atoms with van der Waals surface area (Å²) in [6, 6.07) is 14.6. The largest absolute Gasteiger partial charge is 0.492 e. The number of thioether (sulfide) groups is 1. The predicted molar refractivity (Wildman–Crippen MR) is 85.6 cm³/mol. The van der Waals surface area contributed by atoms with E-state index in [1.54, 1.807) is 23.9 Å². The number of aromatic carboxylic acids is 1. The first kappa shape index (κ1) is 15.3. The van der Waals surface area contributed by atoms with Gasteiger partial charge in [0.1, 0.15) is 12.4 Å². The van der Waals surface area contributed by atoms with Crippen LogP contribution in [0.2, 0.25) is 0 Å². The van der Waals surface area contributed by atoms with Crippen LogP contribution >= 0.6 is 11.8 Å². The summed E-state index contributed by atoms with van der Waals surface area (Å²) in [5.41, 5.74) is 1.31. The molecule has 0 atom stereocenters. The molecule has 0 bridgehead atoms. The molecule has 0 heterocycles. The molecule has 110 valence electrons. The van der Waals surface area contributed by atoms with Gasteiger partial charge in [0.05, 0.1) is 5.56 Å². The van der Waals surface area contributed by atoms with E-state index in [1.165, 1.54) is 17.0 Å². The second kappa shape index (κ2) is 7.59. The van der Waals surface area contributed by atoms with Gasteiger partial charge in [-0.1, -0.05) is 0 Å². The minimum absolute atomic E-state index is 0.259. The molecular weight excluding hydrogens is 286 g/mol. The number of benzene rings is 2. The molecule has 0 aliphatic carbocycles. The van der Waals surface area contributed by atoms with Crippen LogP contribution in [0.25, 0.3) is 0 Å². The van der Waals surface area contributed by atoms with E-state index in [9.17, 15) is 4.79 Å². The standard InChI is InChI=1S/C16H17NO3S/c1-21-15-8-4-13(5-9-15)17-10-11-20-14-6-2-12(3-7-14)16(18)19/h2-9,17H,10-11H2,1H3,(H,18,19). The minimum atomic E-state index is -0.933. The van der Waals surface area contributed by atoms with Crippen LogP contribution in [0.4, 0.5) is 5.69 Å². The molecule has 2 rings (SSSR count). The van der Waals surface area contributed by atoms with E-state index in [2.05, 4.69) is 17.4 Å². The van der Waals surface area contributed by atoms with E-state index in [-0.39, 0.29) is 5.56 Å². The van der Waals surface area contributed by atoms with Crippen molar-refractivity contribution in [1.29, 1.82) is 0 Å². The van der Waals surface area contributed by atoms with E-state index in [0.29, 0.717) is 18.9 Å². The molecule has 0 radical (unpaired) electrons. The molecule has 5 heteroatoms. The highest BCUT2D eigenvalue weighted by Crippen LogP contribution is 2.17. The van der Waals surface area contributed by atoms with Crippen LogP contribution < -0.4 is 10.1 Å². The number of ether oxygens (including phenoxy) is 1. The van der Waals surface area contributed by atoms with Gasteiger partial charge in [-0.2, -0.15) is 0 Å². The van der Waals surface area contributed by atoms with Gasteiger partial charge in [-0.15, -0.1) is 11.8 Å². The summed E-state index contributed by atoms with van der Waals surface area (Å²) in [6.07, 6.45) is 2.05. The fourth-order valence-electron chi connectivity index (χ4n) is 1.77. The fraction of sp³-hybridized carbons (Fsp3) is 0.188. The van der Waals surface area contributed by atoms with Crippen LogP contribution in [0.5, 0.6) is 5.75 Å². The zero-order chi connectivity index (χ0) is 15.1. The molecule has 0 unspecified atom stereocenters. The first-order valence-corrected chi connectivity index (χ1v) is 7.75. The summed E-state index contributed by atoms with van der Waals surface area (Å²) in [5.74, 6) is -0.267. The molecule has 2 aromatic carbocycles.